The first kappa shape index (κ1) is 11.9. The zero-order valence-electron chi connectivity index (χ0n) is 9.30. The van der Waals surface area contributed by atoms with Crippen LogP contribution in [0, 0.1) is 12.7 Å². The molecule has 0 aromatic heterocycles. The third-order valence-corrected chi connectivity index (χ3v) is 2.96. The summed E-state index contributed by atoms with van der Waals surface area (Å²) in [6.07, 6.45) is 0. The van der Waals surface area contributed by atoms with Gasteiger partial charge >= 0.3 is 0 Å². The summed E-state index contributed by atoms with van der Waals surface area (Å²) in [7, 11) is 0. The van der Waals surface area contributed by atoms with E-state index in [2.05, 4.69) is 21.2 Å². The van der Waals surface area contributed by atoms with E-state index in [1.165, 1.54) is 6.07 Å². The molecule has 0 saturated heterocycles. The van der Waals surface area contributed by atoms with E-state index in [0.29, 0.717) is 11.4 Å². The molecule has 0 radical (unpaired) electrons. The molecule has 2 nitrogen and oxygen atoms in total. The van der Waals surface area contributed by atoms with E-state index >= 15 is 0 Å². The highest BCUT2D eigenvalue weighted by Crippen LogP contribution is 2.26. The number of hydrogen-bond acceptors (Lipinski definition) is 2. The lowest BCUT2D eigenvalue weighted by Gasteiger charge is -2.11. The maximum absolute atomic E-state index is 13.6. The molecule has 0 unspecified atom stereocenters. The normalized spacial score (nSPS) is 10.3. The first-order valence-electron chi connectivity index (χ1n) is 5.14. The Kier molecular flexibility index (Phi) is 3.33. The predicted octanol–water partition coefficient (Wildman–Crippen LogP) is 4.22. The van der Waals surface area contributed by atoms with Crippen molar-refractivity contribution in [2.24, 2.45) is 0 Å². The summed E-state index contributed by atoms with van der Waals surface area (Å²) in [5.41, 5.74) is 8.24. The van der Waals surface area contributed by atoms with Crippen molar-refractivity contribution in [1.29, 1.82) is 0 Å². The van der Waals surface area contributed by atoms with Gasteiger partial charge in [0, 0.05) is 15.8 Å². The van der Waals surface area contributed by atoms with Crippen molar-refractivity contribution >= 4 is 33.0 Å². The summed E-state index contributed by atoms with van der Waals surface area (Å²) in [5.74, 6) is -0.357. The Balaban J connectivity index is 2.34. The van der Waals surface area contributed by atoms with Crippen LogP contribution < -0.4 is 11.1 Å². The number of nitrogens with one attached hydrogen (secondary N) is 1. The van der Waals surface area contributed by atoms with Gasteiger partial charge in [-0.15, -0.1) is 0 Å². The van der Waals surface area contributed by atoms with Gasteiger partial charge < -0.3 is 11.1 Å². The van der Waals surface area contributed by atoms with Crippen LogP contribution in [0.2, 0.25) is 0 Å². The van der Waals surface area contributed by atoms with Gasteiger partial charge in [-0.05, 0) is 42.8 Å². The van der Waals surface area contributed by atoms with Crippen LogP contribution >= 0.6 is 15.9 Å². The molecule has 0 amide bonds. The van der Waals surface area contributed by atoms with Gasteiger partial charge in [0.25, 0.3) is 0 Å². The average Bonchev–Trinajstić information content (AvgIpc) is 2.27. The summed E-state index contributed by atoms with van der Waals surface area (Å²) >= 11 is 3.39. The van der Waals surface area contributed by atoms with E-state index in [1.807, 2.05) is 25.1 Å². The van der Waals surface area contributed by atoms with Crippen LogP contribution in [0.15, 0.2) is 40.9 Å². The van der Waals surface area contributed by atoms with Crippen molar-refractivity contribution in [2.75, 3.05) is 11.1 Å². The lowest BCUT2D eigenvalue weighted by atomic mass is 10.2. The molecule has 0 aliphatic rings. The summed E-state index contributed by atoms with van der Waals surface area (Å²) in [4.78, 5) is 0. The highest BCUT2D eigenvalue weighted by Gasteiger charge is 2.05. The maximum atomic E-state index is 13.6. The SMILES string of the molecule is Cc1ccc(Br)cc1Nc1ccc(N)cc1F. The van der Waals surface area contributed by atoms with Crippen molar-refractivity contribution in [2.45, 2.75) is 6.92 Å². The van der Waals surface area contributed by atoms with Gasteiger partial charge in [-0.3, -0.25) is 0 Å². The van der Waals surface area contributed by atoms with Crippen LogP contribution in [0.25, 0.3) is 0 Å². The lowest BCUT2D eigenvalue weighted by molar-refractivity contribution is 0.632. The van der Waals surface area contributed by atoms with Gasteiger partial charge in [0.05, 0.1) is 5.69 Å². The van der Waals surface area contributed by atoms with Gasteiger partial charge in [-0.25, -0.2) is 4.39 Å². The summed E-state index contributed by atoms with van der Waals surface area (Å²) in [5, 5.41) is 3.05. The summed E-state index contributed by atoms with van der Waals surface area (Å²) < 4.78 is 14.6. The minimum Gasteiger partial charge on any atom is -0.399 e. The van der Waals surface area contributed by atoms with Crippen molar-refractivity contribution in [3.05, 3.63) is 52.3 Å². The van der Waals surface area contributed by atoms with E-state index < -0.39 is 0 Å². The van der Waals surface area contributed by atoms with Gasteiger partial charge in [0.2, 0.25) is 0 Å². The van der Waals surface area contributed by atoms with Gasteiger partial charge in [0.1, 0.15) is 5.82 Å². The third-order valence-electron chi connectivity index (χ3n) is 2.46. The molecular weight excluding hydrogens is 283 g/mol. The van der Waals surface area contributed by atoms with Crippen LogP contribution in [0.1, 0.15) is 5.56 Å². The van der Waals surface area contributed by atoms with Gasteiger partial charge in [-0.2, -0.15) is 0 Å². The summed E-state index contributed by atoms with van der Waals surface area (Å²) in [6, 6.07) is 10.4. The monoisotopic (exact) mass is 294 g/mol. The Bertz CT molecular complexity index is 555. The average molecular weight is 295 g/mol. The predicted molar refractivity (Wildman–Crippen MR) is 73.0 cm³/mol. The Morgan fingerprint density at radius 2 is 1.88 bits per heavy atom. The van der Waals surface area contributed by atoms with Crippen LogP contribution in [-0.2, 0) is 0 Å². The molecule has 0 spiro atoms. The smallest absolute Gasteiger partial charge is 0.148 e. The number of halogens is 2. The largest absolute Gasteiger partial charge is 0.399 e. The molecule has 88 valence electrons. The molecule has 0 bridgehead atoms. The maximum Gasteiger partial charge on any atom is 0.148 e. The minimum absolute atomic E-state index is 0.357. The van der Waals surface area contributed by atoms with Crippen LogP contribution in [0.4, 0.5) is 21.5 Å². The fraction of sp³-hybridized carbons (Fsp3) is 0.0769. The number of hydrogen-bond donors (Lipinski definition) is 2. The second-order valence-electron chi connectivity index (χ2n) is 3.82. The summed E-state index contributed by atoms with van der Waals surface area (Å²) in [6.45, 7) is 1.96. The molecule has 17 heavy (non-hydrogen) atoms. The van der Waals surface area contributed by atoms with Crippen molar-refractivity contribution in [1.82, 2.24) is 0 Å². The Labute approximate surface area is 108 Å². The highest BCUT2D eigenvalue weighted by atomic mass is 79.9. The molecule has 2 aromatic carbocycles. The molecule has 2 rings (SSSR count). The zero-order valence-corrected chi connectivity index (χ0v) is 10.9. The number of rotatable bonds is 2. The van der Waals surface area contributed by atoms with Crippen LogP contribution in [0.3, 0.4) is 0 Å². The molecule has 0 fully saturated rings. The number of nitrogens with two attached hydrogens (primary N) is 1. The van der Waals surface area contributed by atoms with Crippen molar-refractivity contribution < 1.29 is 4.39 Å². The molecule has 0 saturated carbocycles. The number of benzene rings is 2. The fourth-order valence-electron chi connectivity index (χ4n) is 1.51. The standard InChI is InChI=1S/C13H12BrFN2/c1-8-2-3-9(14)6-13(8)17-12-5-4-10(16)7-11(12)15/h2-7,17H,16H2,1H3. The quantitative estimate of drug-likeness (QED) is 0.814. The van der Waals surface area contributed by atoms with Crippen LogP contribution in [-0.4, -0.2) is 0 Å². The number of nitrogen functional groups attached to an aromatic ring is 1. The first-order valence-corrected chi connectivity index (χ1v) is 5.94. The van der Waals surface area contributed by atoms with Crippen molar-refractivity contribution in [3.8, 4) is 0 Å². The molecule has 2 aromatic rings. The molecular formula is C13H12BrFN2. The molecule has 0 aliphatic carbocycles. The van der Waals surface area contributed by atoms with Gasteiger partial charge in [-0.1, -0.05) is 22.0 Å². The van der Waals surface area contributed by atoms with E-state index in [-0.39, 0.29) is 5.82 Å². The highest BCUT2D eigenvalue weighted by molar-refractivity contribution is 9.10. The lowest BCUT2D eigenvalue weighted by Crippen LogP contribution is -1.97. The number of aryl methyl sites for hydroxylation is 1. The van der Waals surface area contributed by atoms with E-state index in [0.717, 1.165) is 15.7 Å². The second-order valence-corrected chi connectivity index (χ2v) is 4.74. The van der Waals surface area contributed by atoms with E-state index in [1.54, 1.807) is 12.1 Å². The third kappa shape index (κ3) is 2.77. The Morgan fingerprint density at radius 3 is 2.59 bits per heavy atom. The Hall–Kier alpha value is -1.55. The van der Waals surface area contributed by atoms with Gasteiger partial charge in [0.15, 0.2) is 0 Å². The molecule has 3 N–H and O–H groups in total. The molecule has 0 heterocycles. The topological polar surface area (TPSA) is 38.0 Å². The minimum atomic E-state index is -0.357. The Morgan fingerprint density at radius 1 is 1.12 bits per heavy atom. The fourth-order valence-corrected chi connectivity index (χ4v) is 1.87. The van der Waals surface area contributed by atoms with Crippen LogP contribution in [0.5, 0.6) is 0 Å². The first-order chi connectivity index (χ1) is 8.06. The second kappa shape index (κ2) is 4.75. The molecule has 4 heteroatoms. The zero-order chi connectivity index (χ0) is 12.4. The number of anilines is 3. The molecule has 0 atom stereocenters. The van der Waals surface area contributed by atoms with Crippen molar-refractivity contribution in [3.63, 3.8) is 0 Å². The van der Waals surface area contributed by atoms with E-state index in [9.17, 15) is 4.39 Å². The van der Waals surface area contributed by atoms with E-state index in [4.69, 9.17) is 5.73 Å². The molecule has 0 aliphatic heterocycles.